The molecule has 0 saturated carbocycles. The lowest BCUT2D eigenvalue weighted by Crippen LogP contribution is -2.38. The molecule has 0 amide bonds. The molecule has 3 aromatic carbocycles. The Balaban J connectivity index is 2.00. The highest BCUT2D eigenvalue weighted by Gasteiger charge is 2.36. The van der Waals surface area contributed by atoms with Crippen molar-refractivity contribution in [3.8, 4) is 0 Å². The molecule has 1 aromatic heterocycles. The number of hydrogen-bond donors (Lipinski definition) is 1. The molecule has 1 N–H and O–H groups in total. The van der Waals surface area contributed by atoms with E-state index in [2.05, 4.69) is 108 Å². The summed E-state index contributed by atoms with van der Waals surface area (Å²) in [5, 5.41) is 4.69. The van der Waals surface area contributed by atoms with Gasteiger partial charge in [-0.2, -0.15) is 0 Å². The Hall–Kier alpha value is -2.91. The van der Waals surface area contributed by atoms with Crippen molar-refractivity contribution in [3.63, 3.8) is 0 Å². The molecule has 128 valence electrons. The summed E-state index contributed by atoms with van der Waals surface area (Å²) < 4.78 is 0. The van der Waals surface area contributed by atoms with Crippen LogP contribution in [0, 0.1) is 6.92 Å². The molecular formula is C23H20N2S. The molecule has 0 saturated heterocycles. The largest absolute Gasteiger partial charge is 0.344 e. The zero-order chi connectivity index (χ0) is 17.8. The minimum atomic E-state index is -0.506. The van der Waals surface area contributed by atoms with Crippen LogP contribution in [0.2, 0.25) is 0 Å². The summed E-state index contributed by atoms with van der Waals surface area (Å²) >= 11 is 1.68. The minimum absolute atomic E-state index is 0.506. The Kier molecular flexibility index (Phi) is 4.55. The summed E-state index contributed by atoms with van der Waals surface area (Å²) in [6.45, 7) is 2.08. The molecule has 0 aliphatic heterocycles. The highest BCUT2D eigenvalue weighted by atomic mass is 32.1. The van der Waals surface area contributed by atoms with Gasteiger partial charge in [0.1, 0.15) is 5.54 Å². The first kappa shape index (κ1) is 16.6. The average Bonchev–Trinajstić information content (AvgIpc) is 3.13. The molecular weight excluding hydrogens is 336 g/mol. The van der Waals surface area contributed by atoms with Gasteiger partial charge in [0.15, 0.2) is 5.13 Å². The van der Waals surface area contributed by atoms with Crippen molar-refractivity contribution in [1.82, 2.24) is 4.98 Å². The molecule has 4 aromatic rings. The molecule has 0 atom stereocenters. The zero-order valence-corrected chi connectivity index (χ0v) is 15.4. The highest BCUT2D eigenvalue weighted by molar-refractivity contribution is 7.15. The van der Waals surface area contributed by atoms with Crippen molar-refractivity contribution in [2.75, 3.05) is 5.32 Å². The summed E-state index contributed by atoms with van der Waals surface area (Å²) in [5.74, 6) is 0. The predicted molar refractivity (Wildman–Crippen MR) is 110 cm³/mol. The van der Waals surface area contributed by atoms with E-state index in [1.807, 2.05) is 6.20 Å². The molecule has 0 radical (unpaired) electrons. The topological polar surface area (TPSA) is 24.9 Å². The van der Waals surface area contributed by atoms with E-state index >= 15 is 0 Å². The monoisotopic (exact) mass is 356 g/mol. The third kappa shape index (κ3) is 3.02. The summed E-state index contributed by atoms with van der Waals surface area (Å²) in [6.07, 6.45) is 1.92. The van der Waals surface area contributed by atoms with E-state index in [4.69, 9.17) is 0 Å². The minimum Gasteiger partial charge on any atom is -0.344 e. The van der Waals surface area contributed by atoms with E-state index in [0.29, 0.717) is 0 Å². The number of benzene rings is 3. The van der Waals surface area contributed by atoms with Gasteiger partial charge in [0.2, 0.25) is 0 Å². The van der Waals surface area contributed by atoms with Crippen LogP contribution in [0.5, 0.6) is 0 Å². The van der Waals surface area contributed by atoms with Crippen LogP contribution < -0.4 is 5.32 Å². The summed E-state index contributed by atoms with van der Waals surface area (Å²) in [5.41, 5.74) is 3.05. The van der Waals surface area contributed by atoms with Crippen molar-refractivity contribution in [2.45, 2.75) is 12.5 Å². The summed E-state index contributed by atoms with van der Waals surface area (Å²) in [4.78, 5) is 5.77. The first-order chi connectivity index (χ1) is 12.8. The van der Waals surface area contributed by atoms with Crippen LogP contribution in [0.1, 0.15) is 21.6 Å². The van der Waals surface area contributed by atoms with Gasteiger partial charge in [-0.15, -0.1) is 11.3 Å². The van der Waals surface area contributed by atoms with E-state index in [1.165, 1.54) is 21.6 Å². The smallest absolute Gasteiger partial charge is 0.184 e. The van der Waals surface area contributed by atoms with E-state index in [0.717, 1.165) is 5.13 Å². The SMILES string of the molecule is Cc1cnc(NC(c2ccccc2)(c2ccccc2)c2ccccc2)s1. The molecule has 0 spiro atoms. The Morgan fingerprint density at radius 3 is 1.46 bits per heavy atom. The molecule has 0 aliphatic carbocycles. The third-order valence-electron chi connectivity index (χ3n) is 4.54. The second-order valence-electron chi connectivity index (χ2n) is 6.25. The molecule has 0 aliphatic rings. The van der Waals surface area contributed by atoms with Gasteiger partial charge >= 0.3 is 0 Å². The Labute approximate surface area is 158 Å². The van der Waals surface area contributed by atoms with Crippen molar-refractivity contribution < 1.29 is 0 Å². The summed E-state index contributed by atoms with van der Waals surface area (Å²) in [6, 6.07) is 31.7. The lowest BCUT2D eigenvalue weighted by Gasteiger charge is -2.36. The first-order valence-electron chi connectivity index (χ1n) is 8.66. The number of nitrogens with zero attached hydrogens (tertiary/aromatic N) is 1. The Morgan fingerprint density at radius 2 is 1.12 bits per heavy atom. The fraction of sp³-hybridized carbons (Fsp3) is 0.0870. The van der Waals surface area contributed by atoms with Crippen LogP contribution in [0.4, 0.5) is 5.13 Å². The lowest BCUT2D eigenvalue weighted by atomic mass is 9.77. The number of aromatic nitrogens is 1. The fourth-order valence-electron chi connectivity index (χ4n) is 3.35. The van der Waals surface area contributed by atoms with Crippen LogP contribution in [0.25, 0.3) is 0 Å². The molecule has 4 rings (SSSR count). The molecule has 3 heteroatoms. The maximum atomic E-state index is 4.58. The van der Waals surface area contributed by atoms with Gasteiger partial charge in [-0.25, -0.2) is 4.98 Å². The molecule has 0 unspecified atom stereocenters. The van der Waals surface area contributed by atoms with Crippen molar-refractivity contribution >= 4 is 16.5 Å². The molecule has 26 heavy (non-hydrogen) atoms. The van der Waals surface area contributed by atoms with E-state index in [-0.39, 0.29) is 0 Å². The Morgan fingerprint density at radius 1 is 0.692 bits per heavy atom. The zero-order valence-electron chi connectivity index (χ0n) is 14.6. The normalized spacial score (nSPS) is 11.3. The number of nitrogens with one attached hydrogen (secondary N) is 1. The quantitative estimate of drug-likeness (QED) is 0.453. The predicted octanol–water partition coefficient (Wildman–Crippen LogP) is 5.86. The van der Waals surface area contributed by atoms with Gasteiger partial charge in [0.05, 0.1) is 0 Å². The number of hydrogen-bond acceptors (Lipinski definition) is 3. The number of rotatable bonds is 5. The van der Waals surface area contributed by atoms with E-state index in [1.54, 1.807) is 11.3 Å². The second-order valence-corrected chi connectivity index (χ2v) is 7.48. The van der Waals surface area contributed by atoms with Gasteiger partial charge in [-0.1, -0.05) is 91.0 Å². The molecule has 0 bridgehead atoms. The van der Waals surface area contributed by atoms with Crippen LogP contribution in [0.3, 0.4) is 0 Å². The molecule has 0 fully saturated rings. The van der Waals surface area contributed by atoms with E-state index in [9.17, 15) is 0 Å². The van der Waals surface area contributed by atoms with Gasteiger partial charge in [-0.3, -0.25) is 0 Å². The van der Waals surface area contributed by atoms with Crippen LogP contribution in [-0.2, 0) is 5.54 Å². The average molecular weight is 356 g/mol. The van der Waals surface area contributed by atoms with Gasteiger partial charge in [-0.05, 0) is 23.6 Å². The van der Waals surface area contributed by atoms with Crippen LogP contribution in [-0.4, -0.2) is 4.98 Å². The first-order valence-corrected chi connectivity index (χ1v) is 9.48. The number of thiazole rings is 1. The van der Waals surface area contributed by atoms with Crippen molar-refractivity contribution in [3.05, 3.63) is 119 Å². The lowest BCUT2D eigenvalue weighted by molar-refractivity contribution is 0.710. The maximum absolute atomic E-state index is 4.58. The standard InChI is InChI=1S/C23H20N2S/c1-18-17-24-22(26-18)25-23(19-11-5-2-6-12-19,20-13-7-3-8-14-20)21-15-9-4-10-16-21/h2-17H,1H3,(H,24,25). The number of anilines is 1. The van der Waals surface area contributed by atoms with Gasteiger partial charge < -0.3 is 5.32 Å². The van der Waals surface area contributed by atoms with Gasteiger partial charge in [0, 0.05) is 11.1 Å². The maximum Gasteiger partial charge on any atom is 0.184 e. The van der Waals surface area contributed by atoms with Crippen LogP contribution in [0.15, 0.2) is 97.2 Å². The van der Waals surface area contributed by atoms with E-state index < -0.39 is 5.54 Å². The molecule has 1 heterocycles. The van der Waals surface area contributed by atoms with Crippen LogP contribution >= 0.6 is 11.3 Å². The second kappa shape index (κ2) is 7.14. The highest BCUT2D eigenvalue weighted by Crippen LogP contribution is 2.40. The van der Waals surface area contributed by atoms with Gasteiger partial charge in [0.25, 0.3) is 0 Å². The van der Waals surface area contributed by atoms with Crippen molar-refractivity contribution in [2.24, 2.45) is 0 Å². The molecule has 2 nitrogen and oxygen atoms in total. The fourth-order valence-corrected chi connectivity index (χ4v) is 4.07. The third-order valence-corrected chi connectivity index (χ3v) is 5.36. The summed E-state index contributed by atoms with van der Waals surface area (Å²) in [7, 11) is 0. The number of aryl methyl sites for hydroxylation is 1. The van der Waals surface area contributed by atoms with Crippen molar-refractivity contribution in [1.29, 1.82) is 0 Å². The Bertz CT molecular complexity index is 866.